The largest absolute Gasteiger partial charge is 0.507 e. The van der Waals surface area contributed by atoms with Gasteiger partial charge >= 0.3 is 0 Å². The Balaban J connectivity index is 1.95. The average molecular weight is 252 g/mol. The summed E-state index contributed by atoms with van der Waals surface area (Å²) in [6, 6.07) is 3.74. The second kappa shape index (κ2) is 5.35. The van der Waals surface area contributed by atoms with E-state index < -0.39 is 5.82 Å². The van der Waals surface area contributed by atoms with Crippen molar-refractivity contribution in [1.82, 2.24) is 10.2 Å². The molecule has 1 amide bonds. The highest BCUT2D eigenvalue weighted by atomic mass is 19.1. The van der Waals surface area contributed by atoms with E-state index in [4.69, 9.17) is 0 Å². The highest BCUT2D eigenvalue weighted by molar-refractivity contribution is 5.96. The van der Waals surface area contributed by atoms with Crippen molar-refractivity contribution in [2.24, 2.45) is 0 Å². The van der Waals surface area contributed by atoms with Crippen LogP contribution in [-0.2, 0) is 0 Å². The number of benzene rings is 1. The van der Waals surface area contributed by atoms with Crippen molar-refractivity contribution >= 4 is 5.91 Å². The zero-order valence-corrected chi connectivity index (χ0v) is 10.3. The number of nitrogens with one attached hydrogen (secondary N) is 1. The minimum Gasteiger partial charge on any atom is -0.507 e. The fraction of sp³-hybridized carbons (Fsp3) is 0.462. The third-order valence-electron chi connectivity index (χ3n) is 3.37. The van der Waals surface area contributed by atoms with Gasteiger partial charge in [0.05, 0.1) is 5.56 Å². The van der Waals surface area contributed by atoms with Crippen molar-refractivity contribution in [2.45, 2.75) is 18.9 Å². The second-order valence-corrected chi connectivity index (χ2v) is 4.65. The Bertz CT molecular complexity index is 451. The van der Waals surface area contributed by atoms with Crippen LogP contribution in [0.4, 0.5) is 4.39 Å². The van der Waals surface area contributed by atoms with Gasteiger partial charge < -0.3 is 15.3 Å². The molecule has 5 heteroatoms. The number of nitrogens with zero attached hydrogens (tertiary/aromatic N) is 1. The van der Waals surface area contributed by atoms with E-state index in [1.807, 2.05) is 7.05 Å². The van der Waals surface area contributed by atoms with Crippen LogP contribution in [0, 0.1) is 5.82 Å². The number of rotatable bonds is 3. The minimum absolute atomic E-state index is 0.108. The van der Waals surface area contributed by atoms with E-state index in [2.05, 4.69) is 10.2 Å². The maximum absolute atomic E-state index is 12.8. The number of likely N-dealkylation sites (N-methyl/N-ethyl adjacent to an activating group) is 1. The zero-order valence-electron chi connectivity index (χ0n) is 10.3. The lowest BCUT2D eigenvalue weighted by Crippen LogP contribution is -2.38. The van der Waals surface area contributed by atoms with Crippen LogP contribution in [0.1, 0.15) is 23.2 Å². The summed E-state index contributed by atoms with van der Waals surface area (Å²) in [6.45, 7) is 1.59. The van der Waals surface area contributed by atoms with Crippen LogP contribution in [0.3, 0.4) is 0 Å². The summed E-state index contributed by atoms with van der Waals surface area (Å²) in [7, 11) is 2.03. The Labute approximate surface area is 105 Å². The number of carbonyl (C=O) groups excluding carboxylic acids is 1. The summed E-state index contributed by atoms with van der Waals surface area (Å²) in [6.07, 6.45) is 2.20. The van der Waals surface area contributed by atoms with Crippen molar-refractivity contribution in [2.75, 3.05) is 20.1 Å². The first-order valence-corrected chi connectivity index (χ1v) is 6.05. The standard InChI is InChI=1S/C13H17FN2O2/c1-16-6-2-3-10(16)8-15-13(18)11-5-4-9(14)7-12(11)17/h4-5,7,10,17H,2-3,6,8H2,1H3,(H,15,18). The van der Waals surface area contributed by atoms with Gasteiger partial charge in [-0.05, 0) is 38.6 Å². The van der Waals surface area contributed by atoms with Crippen LogP contribution in [0.15, 0.2) is 18.2 Å². The number of halogens is 1. The molecule has 1 saturated heterocycles. The second-order valence-electron chi connectivity index (χ2n) is 4.65. The molecule has 1 unspecified atom stereocenters. The Morgan fingerprint density at radius 2 is 2.39 bits per heavy atom. The molecule has 4 nitrogen and oxygen atoms in total. The molecule has 0 aliphatic carbocycles. The minimum atomic E-state index is -0.556. The smallest absolute Gasteiger partial charge is 0.255 e. The van der Waals surface area contributed by atoms with Gasteiger partial charge in [-0.2, -0.15) is 0 Å². The van der Waals surface area contributed by atoms with E-state index in [0.29, 0.717) is 12.6 Å². The Kier molecular flexibility index (Phi) is 3.81. The first-order valence-electron chi connectivity index (χ1n) is 6.05. The molecule has 0 aromatic heterocycles. The zero-order chi connectivity index (χ0) is 13.1. The van der Waals surface area contributed by atoms with E-state index in [-0.39, 0.29) is 17.2 Å². The number of amides is 1. The summed E-state index contributed by atoms with van der Waals surface area (Å²) < 4.78 is 12.8. The molecule has 1 aliphatic heterocycles. The molecule has 1 heterocycles. The molecule has 1 aromatic carbocycles. The van der Waals surface area contributed by atoms with E-state index in [9.17, 15) is 14.3 Å². The summed E-state index contributed by atoms with van der Waals surface area (Å²) >= 11 is 0. The van der Waals surface area contributed by atoms with Crippen molar-refractivity contribution in [1.29, 1.82) is 0 Å². The fourth-order valence-corrected chi connectivity index (χ4v) is 2.24. The Hall–Kier alpha value is -1.62. The van der Waals surface area contributed by atoms with Crippen LogP contribution in [-0.4, -0.2) is 42.1 Å². The van der Waals surface area contributed by atoms with Gasteiger partial charge in [0, 0.05) is 18.7 Å². The molecule has 98 valence electrons. The molecule has 2 rings (SSSR count). The molecule has 1 aliphatic rings. The van der Waals surface area contributed by atoms with Gasteiger partial charge in [0.1, 0.15) is 11.6 Å². The van der Waals surface area contributed by atoms with Crippen molar-refractivity contribution in [3.05, 3.63) is 29.6 Å². The molecule has 0 spiro atoms. The average Bonchev–Trinajstić information content (AvgIpc) is 2.72. The number of phenols is 1. The molecule has 1 aromatic rings. The predicted molar refractivity (Wildman–Crippen MR) is 66.1 cm³/mol. The highest BCUT2D eigenvalue weighted by Crippen LogP contribution is 2.18. The van der Waals surface area contributed by atoms with Crippen molar-refractivity contribution in [3.63, 3.8) is 0 Å². The molecule has 0 saturated carbocycles. The van der Waals surface area contributed by atoms with Gasteiger partial charge in [0.2, 0.25) is 0 Å². The van der Waals surface area contributed by atoms with Gasteiger partial charge in [-0.3, -0.25) is 4.79 Å². The van der Waals surface area contributed by atoms with Crippen LogP contribution in [0.2, 0.25) is 0 Å². The Morgan fingerprint density at radius 3 is 3.00 bits per heavy atom. The van der Waals surface area contributed by atoms with Crippen LogP contribution < -0.4 is 5.32 Å². The normalized spacial score (nSPS) is 20.0. The number of phenolic OH excluding ortho intramolecular Hbond substituents is 1. The first-order chi connectivity index (χ1) is 8.58. The van der Waals surface area contributed by atoms with Crippen LogP contribution in [0.5, 0.6) is 5.75 Å². The number of hydrogen-bond donors (Lipinski definition) is 2. The molecule has 0 radical (unpaired) electrons. The quantitative estimate of drug-likeness (QED) is 0.854. The lowest BCUT2D eigenvalue weighted by atomic mass is 10.1. The Morgan fingerprint density at radius 1 is 1.61 bits per heavy atom. The predicted octanol–water partition coefficient (Wildman–Crippen LogP) is 1.36. The van der Waals surface area contributed by atoms with Crippen LogP contribution >= 0.6 is 0 Å². The topological polar surface area (TPSA) is 52.6 Å². The van der Waals surface area contributed by atoms with Gasteiger partial charge in [-0.15, -0.1) is 0 Å². The van der Waals surface area contributed by atoms with Crippen molar-refractivity contribution < 1.29 is 14.3 Å². The molecule has 2 N–H and O–H groups in total. The van der Waals surface area contributed by atoms with Crippen LogP contribution in [0.25, 0.3) is 0 Å². The van der Waals surface area contributed by atoms with Gasteiger partial charge in [0.25, 0.3) is 5.91 Å². The molecular weight excluding hydrogens is 235 g/mol. The summed E-state index contributed by atoms with van der Waals surface area (Å²) in [5.41, 5.74) is 0.108. The third kappa shape index (κ3) is 2.79. The van der Waals surface area contributed by atoms with E-state index in [1.165, 1.54) is 6.07 Å². The molecular formula is C13H17FN2O2. The first kappa shape index (κ1) is 12.8. The molecule has 1 fully saturated rings. The van der Waals surface area contributed by atoms with Crippen molar-refractivity contribution in [3.8, 4) is 5.75 Å². The molecule has 0 bridgehead atoms. The number of hydrogen-bond acceptors (Lipinski definition) is 3. The van der Waals surface area contributed by atoms with Gasteiger partial charge in [-0.1, -0.05) is 0 Å². The van der Waals surface area contributed by atoms with E-state index >= 15 is 0 Å². The molecule has 1 atom stereocenters. The lowest BCUT2D eigenvalue weighted by molar-refractivity contribution is 0.0941. The summed E-state index contributed by atoms with van der Waals surface area (Å²) in [5, 5.41) is 12.3. The number of carbonyl (C=O) groups is 1. The molecule has 18 heavy (non-hydrogen) atoms. The van der Waals surface area contributed by atoms with E-state index in [1.54, 1.807) is 0 Å². The maximum atomic E-state index is 12.8. The maximum Gasteiger partial charge on any atom is 0.255 e. The monoisotopic (exact) mass is 252 g/mol. The summed E-state index contributed by atoms with van der Waals surface area (Å²) in [4.78, 5) is 14.0. The highest BCUT2D eigenvalue weighted by Gasteiger charge is 2.21. The number of aromatic hydroxyl groups is 1. The fourth-order valence-electron chi connectivity index (χ4n) is 2.24. The SMILES string of the molecule is CN1CCCC1CNC(=O)c1ccc(F)cc1O. The van der Waals surface area contributed by atoms with Gasteiger partial charge in [0.15, 0.2) is 0 Å². The summed E-state index contributed by atoms with van der Waals surface area (Å²) in [5.74, 6) is -1.25. The van der Waals surface area contributed by atoms with Gasteiger partial charge in [-0.25, -0.2) is 4.39 Å². The third-order valence-corrected chi connectivity index (χ3v) is 3.37. The lowest BCUT2D eigenvalue weighted by Gasteiger charge is -2.19. The number of likely N-dealkylation sites (tertiary alicyclic amines) is 1. The van der Waals surface area contributed by atoms with E-state index in [0.717, 1.165) is 31.5 Å².